The third-order valence-corrected chi connectivity index (χ3v) is 4.01. The van der Waals surface area contributed by atoms with Gasteiger partial charge in [-0.25, -0.2) is 4.79 Å². The van der Waals surface area contributed by atoms with Gasteiger partial charge in [0.1, 0.15) is 0 Å². The molecule has 23 heavy (non-hydrogen) atoms. The molecule has 1 aromatic carbocycles. The summed E-state index contributed by atoms with van der Waals surface area (Å²) in [6.07, 6.45) is 4.66. The van der Waals surface area contributed by atoms with Crippen molar-refractivity contribution in [3.63, 3.8) is 0 Å². The van der Waals surface area contributed by atoms with Crippen LogP contribution in [0.3, 0.4) is 0 Å². The van der Waals surface area contributed by atoms with Crippen molar-refractivity contribution < 1.29 is 9.53 Å². The van der Waals surface area contributed by atoms with Crippen molar-refractivity contribution in [1.29, 1.82) is 0 Å². The molecule has 2 rings (SSSR count). The number of nitrogens with zero attached hydrogens (tertiary/aromatic N) is 1. The molecule has 1 unspecified atom stereocenters. The molecule has 5 heteroatoms. The summed E-state index contributed by atoms with van der Waals surface area (Å²) in [5.41, 5.74) is 1.87. The van der Waals surface area contributed by atoms with Gasteiger partial charge in [0.25, 0.3) is 0 Å². The second kappa shape index (κ2) is 9.40. The predicted octanol–water partition coefficient (Wildman–Crippen LogP) is 3.93. The van der Waals surface area contributed by atoms with Gasteiger partial charge in [0.05, 0.1) is 6.61 Å². The summed E-state index contributed by atoms with van der Waals surface area (Å²) in [6.45, 7) is 7.22. The summed E-state index contributed by atoms with van der Waals surface area (Å²) in [4.78, 5) is 14.2. The first kappa shape index (κ1) is 17.6. The molecule has 1 aliphatic rings. The Morgan fingerprint density at radius 2 is 1.74 bits per heavy atom. The zero-order chi connectivity index (χ0) is 16.5. The van der Waals surface area contributed by atoms with Crippen molar-refractivity contribution in [1.82, 2.24) is 4.90 Å². The van der Waals surface area contributed by atoms with Gasteiger partial charge in [0, 0.05) is 37.1 Å². The van der Waals surface area contributed by atoms with Gasteiger partial charge >= 0.3 is 6.03 Å². The normalized spacial score (nSPS) is 16.5. The van der Waals surface area contributed by atoms with Crippen LogP contribution in [-0.2, 0) is 4.74 Å². The number of amides is 2. The van der Waals surface area contributed by atoms with E-state index in [-0.39, 0.29) is 12.1 Å². The Hall–Kier alpha value is -1.75. The lowest BCUT2D eigenvalue weighted by Crippen LogP contribution is -2.35. The molecule has 0 spiro atoms. The number of carbonyl (C=O) groups is 1. The number of carbonyl (C=O) groups excluding carboxylic acids is 1. The number of likely N-dealkylation sites (tertiary alicyclic amines) is 1. The zero-order valence-corrected chi connectivity index (χ0v) is 14.3. The molecular weight excluding hydrogens is 290 g/mol. The molecule has 1 saturated heterocycles. The topological polar surface area (TPSA) is 53.6 Å². The Morgan fingerprint density at radius 1 is 1.13 bits per heavy atom. The first-order valence-electron chi connectivity index (χ1n) is 8.69. The lowest BCUT2D eigenvalue weighted by atomic mass is 10.2. The van der Waals surface area contributed by atoms with Crippen molar-refractivity contribution >= 4 is 17.4 Å². The van der Waals surface area contributed by atoms with Gasteiger partial charge in [-0.1, -0.05) is 12.8 Å². The van der Waals surface area contributed by atoms with E-state index in [9.17, 15) is 4.79 Å². The van der Waals surface area contributed by atoms with Crippen molar-refractivity contribution in [3.8, 4) is 0 Å². The van der Waals surface area contributed by atoms with E-state index >= 15 is 0 Å². The van der Waals surface area contributed by atoms with E-state index in [0.717, 1.165) is 43.9 Å². The Bertz CT molecular complexity index is 468. The molecule has 0 bridgehead atoms. The van der Waals surface area contributed by atoms with Crippen LogP contribution in [0.4, 0.5) is 16.2 Å². The maximum absolute atomic E-state index is 12.3. The van der Waals surface area contributed by atoms with Crippen LogP contribution < -0.4 is 10.6 Å². The molecule has 2 N–H and O–H groups in total. The molecule has 128 valence electrons. The maximum atomic E-state index is 12.3. The van der Waals surface area contributed by atoms with E-state index in [1.54, 1.807) is 0 Å². The highest BCUT2D eigenvalue weighted by Crippen LogP contribution is 2.16. The number of anilines is 2. The van der Waals surface area contributed by atoms with E-state index in [1.807, 2.05) is 36.1 Å². The summed E-state index contributed by atoms with van der Waals surface area (Å²) in [6, 6.07) is 8.11. The number of urea groups is 1. The highest BCUT2D eigenvalue weighted by Gasteiger charge is 2.15. The molecule has 1 aromatic rings. The first-order valence-corrected chi connectivity index (χ1v) is 8.69. The maximum Gasteiger partial charge on any atom is 0.321 e. The summed E-state index contributed by atoms with van der Waals surface area (Å²) in [5, 5.41) is 6.37. The number of hydrogen-bond donors (Lipinski definition) is 2. The molecule has 0 aromatic heterocycles. The van der Waals surface area contributed by atoms with Crippen molar-refractivity contribution in [2.45, 2.75) is 45.6 Å². The molecule has 1 aliphatic heterocycles. The van der Waals surface area contributed by atoms with E-state index in [0.29, 0.717) is 6.61 Å². The number of nitrogens with one attached hydrogen (secondary N) is 2. The summed E-state index contributed by atoms with van der Waals surface area (Å²) in [7, 11) is 0. The number of ether oxygens (including phenoxy) is 1. The minimum atomic E-state index is 0.0114. The molecule has 0 aliphatic carbocycles. The SMILES string of the molecule is CCOCC(C)Nc1ccc(NC(=O)N2CCCCCC2)cc1. The van der Waals surface area contributed by atoms with Crippen LogP contribution in [0.25, 0.3) is 0 Å². The molecule has 2 amide bonds. The minimum absolute atomic E-state index is 0.0114. The van der Waals surface area contributed by atoms with E-state index in [2.05, 4.69) is 17.6 Å². The van der Waals surface area contributed by atoms with Crippen LogP contribution in [0.15, 0.2) is 24.3 Å². The minimum Gasteiger partial charge on any atom is -0.380 e. The van der Waals surface area contributed by atoms with Gasteiger partial charge in [-0.15, -0.1) is 0 Å². The first-order chi connectivity index (χ1) is 11.2. The van der Waals surface area contributed by atoms with Crippen LogP contribution in [0.1, 0.15) is 39.5 Å². The summed E-state index contributed by atoms with van der Waals surface area (Å²) in [5.74, 6) is 0. The Labute approximate surface area is 139 Å². The Balaban J connectivity index is 1.83. The lowest BCUT2D eigenvalue weighted by Gasteiger charge is -2.21. The highest BCUT2D eigenvalue weighted by atomic mass is 16.5. The average molecular weight is 319 g/mol. The Kier molecular flexibility index (Phi) is 7.20. The van der Waals surface area contributed by atoms with Crippen LogP contribution in [-0.4, -0.2) is 43.3 Å². The number of rotatable bonds is 6. The Morgan fingerprint density at radius 3 is 2.35 bits per heavy atom. The fraction of sp³-hybridized carbons (Fsp3) is 0.611. The van der Waals surface area contributed by atoms with Gasteiger partial charge in [0.2, 0.25) is 0 Å². The van der Waals surface area contributed by atoms with Gasteiger partial charge in [-0.05, 0) is 51.0 Å². The fourth-order valence-electron chi connectivity index (χ4n) is 2.75. The van der Waals surface area contributed by atoms with Gasteiger partial charge in [-0.2, -0.15) is 0 Å². The largest absolute Gasteiger partial charge is 0.380 e. The van der Waals surface area contributed by atoms with E-state index in [1.165, 1.54) is 12.8 Å². The standard InChI is InChI=1S/C18H29N3O2/c1-3-23-14-15(2)19-16-8-10-17(11-9-16)20-18(22)21-12-6-4-5-7-13-21/h8-11,15,19H,3-7,12-14H2,1-2H3,(H,20,22). The molecule has 1 heterocycles. The molecule has 5 nitrogen and oxygen atoms in total. The van der Waals surface area contributed by atoms with Gasteiger partial charge in [-0.3, -0.25) is 0 Å². The van der Waals surface area contributed by atoms with E-state index < -0.39 is 0 Å². The van der Waals surface area contributed by atoms with Crippen LogP contribution in [0.5, 0.6) is 0 Å². The van der Waals surface area contributed by atoms with Crippen molar-refractivity contribution in [2.75, 3.05) is 36.9 Å². The van der Waals surface area contributed by atoms with Crippen molar-refractivity contribution in [3.05, 3.63) is 24.3 Å². The summed E-state index contributed by atoms with van der Waals surface area (Å²) < 4.78 is 5.40. The molecule has 1 atom stereocenters. The van der Waals surface area contributed by atoms with Gasteiger partial charge < -0.3 is 20.3 Å². The van der Waals surface area contributed by atoms with E-state index in [4.69, 9.17) is 4.74 Å². The third kappa shape index (κ3) is 6.10. The molecule has 0 saturated carbocycles. The average Bonchev–Trinajstić information content (AvgIpc) is 2.84. The molecule has 1 fully saturated rings. The predicted molar refractivity (Wildman–Crippen MR) is 95.1 cm³/mol. The van der Waals surface area contributed by atoms with Crippen LogP contribution in [0, 0.1) is 0 Å². The number of benzene rings is 1. The van der Waals surface area contributed by atoms with Crippen molar-refractivity contribution in [2.24, 2.45) is 0 Å². The highest BCUT2D eigenvalue weighted by molar-refractivity contribution is 5.89. The monoisotopic (exact) mass is 319 g/mol. The second-order valence-electron chi connectivity index (χ2n) is 6.11. The van der Waals surface area contributed by atoms with Gasteiger partial charge in [0.15, 0.2) is 0 Å². The third-order valence-electron chi connectivity index (χ3n) is 4.01. The zero-order valence-electron chi connectivity index (χ0n) is 14.3. The second-order valence-corrected chi connectivity index (χ2v) is 6.11. The lowest BCUT2D eigenvalue weighted by molar-refractivity contribution is 0.141. The molecular formula is C18H29N3O2. The number of hydrogen-bond acceptors (Lipinski definition) is 3. The van der Waals surface area contributed by atoms with Crippen LogP contribution in [0.2, 0.25) is 0 Å². The fourth-order valence-corrected chi connectivity index (χ4v) is 2.75. The smallest absolute Gasteiger partial charge is 0.321 e. The molecule has 0 radical (unpaired) electrons. The summed E-state index contributed by atoms with van der Waals surface area (Å²) >= 11 is 0. The quantitative estimate of drug-likeness (QED) is 0.835. The van der Waals surface area contributed by atoms with Crippen LogP contribution >= 0.6 is 0 Å².